The molecule has 1 aromatic rings. The first kappa shape index (κ1) is 12.2. The van der Waals surface area contributed by atoms with E-state index in [1.807, 2.05) is 6.92 Å². The second-order valence-corrected chi connectivity index (χ2v) is 3.32. The van der Waals surface area contributed by atoms with E-state index in [-0.39, 0.29) is 18.0 Å². The Hall–Kier alpha value is -1.92. The first-order chi connectivity index (χ1) is 7.63. The van der Waals surface area contributed by atoms with Gasteiger partial charge in [-0.3, -0.25) is 19.6 Å². The van der Waals surface area contributed by atoms with E-state index in [0.29, 0.717) is 13.1 Å². The van der Waals surface area contributed by atoms with Crippen molar-refractivity contribution in [2.75, 3.05) is 6.54 Å². The van der Waals surface area contributed by atoms with E-state index in [2.05, 4.69) is 10.4 Å². The zero-order valence-corrected chi connectivity index (χ0v) is 9.05. The summed E-state index contributed by atoms with van der Waals surface area (Å²) in [7, 11) is 0. The number of hydrogen-bond acceptors (Lipinski definition) is 4. The molecule has 1 amide bonds. The third-order valence-electron chi connectivity index (χ3n) is 1.97. The number of amides is 1. The third-order valence-corrected chi connectivity index (χ3v) is 1.97. The van der Waals surface area contributed by atoms with Crippen LogP contribution in [0.2, 0.25) is 0 Å². The van der Waals surface area contributed by atoms with Gasteiger partial charge in [-0.25, -0.2) is 0 Å². The van der Waals surface area contributed by atoms with Crippen LogP contribution in [-0.2, 0) is 11.3 Å². The van der Waals surface area contributed by atoms with Crippen LogP contribution >= 0.6 is 0 Å². The number of nitrogens with zero attached hydrogens (tertiary/aromatic N) is 3. The van der Waals surface area contributed by atoms with E-state index in [0.717, 1.165) is 6.42 Å². The van der Waals surface area contributed by atoms with Gasteiger partial charge in [0.2, 0.25) is 5.91 Å². The van der Waals surface area contributed by atoms with E-state index in [9.17, 15) is 14.9 Å². The van der Waals surface area contributed by atoms with Gasteiger partial charge >= 0.3 is 5.69 Å². The van der Waals surface area contributed by atoms with Crippen molar-refractivity contribution in [1.29, 1.82) is 0 Å². The Balaban J connectivity index is 2.36. The number of hydrogen-bond donors (Lipinski definition) is 1. The Morgan fingerprint density at radius 1 is 1.69 bits per heavy atom. The largest absolute Gasteiger partial charge is 0.356 e. The maximum Gasteiger partial charge on any atom is 0.306 e. The highest BCUT2D eigenvalue weighted by Gasteiger charge is 2.09. The minimum atomic E-state index is -0.513. The fraction of sp³-hybridized carbons (Fsp3) is 0.556. The first-order valence-corrected chi connectivity index (χ1v) is 5.07. The number of nitrogens with one attached hydrogen (secondary N) is 1. The van der Waals surface area contributed by atoms with Crippen LogP contribution < -0.4 is 5.32 Å². The summed E-state index contributed by atoms with van der Waals surface area (Å²) in [5.74, 6) is -0.0694. The van der Waals surface area contributed by atoms with Crippen LogP contribution in [0.5, 0.6) is 0 Å². The number of carbonyl (C=O) groups is 1. The number of nitro groups is 1. The van der Waals surface area contributed by atoms with Gasteiger partial charge in [0.1, 0.15) is 12.4 Å². The normalized spacial score (nSPS) is 10.1. The molecular weight excluding hydrogens is 212 g/mol. The molecular formula is C9H14N4O3. The molecule has 0 unspecified atom stereocenters. The van der Waals surface area contributed by atoms with E-state index in [1.165, 1.54) is 17.1 Å². The minimum Gasteiger partial charge on any atom is -0.356 e. The van der Waals surface area contributed by atoms with Crippen molar-refractivity contribution in [2.24, 2.45) is 0 Å². The summed E-state index contributed by atoms with van der Waals surface area (Å²) in [6.45, 7) is 2.97. The molecule has 0 spiro atoms. The second-order valence-electron chi connectivity index (χ2n) is 3.32. The van der Waals surface area contributed by atoms with Crippen LogP contribution in [0, 0.1) is 10.1 Å². The Morgan fingerprint density at radius 2 is 2.44 bits per heavy atom. The van der Waals surface area contributed by atoms with Crippen molar-refractivity contribution >= 4 is 11.6 Å². The minimum absolute atomic E-state index is 0.0611. The average molecular weight is 226 g/mol. The van der Waals surface area contributed by atoms with Crippen molar-refractivity contribution in [1.82, 2.24) is 15.1 Å². The van der Waals surface area contributed by atoms with Crippen molar-refractivity contribution < 1.29 is 9.72 Å². The van der Waals surface area contributed by atoms with Crippen LogP contribution in [0.4, 0.5) is 5.69 Å². The molecule has 0 atom stereocenters. The molecule has 0 saturated carbocycles. The number of aryl methyl sites for hydroxylation is 1. The highest BCUT2D eigenvalue weighted by Crippen LogP contribution is 2.07. The molecule has 88 valence electrons. The molecule has 0 aromatic carbocycles. The lowest BCUT2D eigenvalue weighted by molar-refractivity contribution is -0.385. The average Bonchev–Trinajstić information content (AvgIpc) is 2.72. The maximum atomic E-state index is 11.2. The lowest BCUT2D eigenvalue weighted by Gasteiger charge is -2.02. The second kappa shape index (κ2) is 5.84. The molecule has 0 radical (unpaired) electrons. The van der Waals surface area contributed by atoms with Crippen molar-refractivity contribution in [2.45, 2.75) is 26.3 Å². The standard InChI is InChI=1S/C9H14N4O3/c1-2-4-10-9(14)3-5-12-7-8(6-11-12)13(15)16/h6-7H,2-5H2,1H3,(H,10,14). The SMILES string of the molecule is CCCNC(=O)CCn1cc([N+](=O)[O-])cn1. The molecule has 0 aliphatic rings. The fourth-order valence-corrected chi connectivity index (χ4v) is 1.14. The number of aromatic nitrogens is 2. The van der Waals surface area contributed by atoms with Crippen LogP contribution in [0.3, 0.4) is 0 Å². The summed E-state index contributed by atoms with van der Waals surface area (Å²) in [4.78, 5) is 21.1. The molecule has 16 heavy (non-hydrogen) atoms. The van der Waals surface area contributed by atoms with Gasteiger partial charge < -0.3 is 5.32 Å². The lowest BCUT2D eigenvalue weighted by atomic mass is 10.4. The van der Waals surface area contributed by atoms with Crippen LogP contribution in [-0.4, -0.2) is 27.2 Å². The predicted molar refractivity (Wildman–Crippen MR) is 56.8 cm³/mol. The van der Waals surface area contributed by atoms with E-state index in [1.54, 1.807) is 0 Å². The molecule has 1 N–H and O–H groups in total. The zero-order valence-electron chi connectivity index (χ0n) is 9.05. The van der Waals surface area contributed by atoms with Gasteiger partial charge in [0.25, 0.3) is 0 Å². The van der Waals surface area contributed by atoms with Crippen molar-refractivity contribution in [3.8, 4) is 0 Å². The van der Waals surface area contributed by atoms with Gasteiger partial charge in [-0.05, 0) is 6.42 Å². The van der Waals surface area contributed by atoms with Crippen LogP contribution in [0.15, 0.2) is 12.4 Å². The smallest absolute Gasteiger partial charge is 0.306 e. The molecule has 1 aromatic heterocycles. The third kappa shape index (κ3) is 3.68. The number of rotatable bonds is 6. The topological polar surface area (TPSA) is 90.1 Å². The van der Waals surface area contributed by atoms with E-state index >= 15 is 0 Å². The van der Waals surface area contributed by atoms with Gasteiger partial charge in [-0.1, -0.05) is 6.92 Å². The summed E-state index contributed by atoms with van der Waals surface area (Å²) >= 11 is 0. The molecule has 0 aliphatic carbocycles. The molecule has 7 nitrogen and oxygen atoms in total. The zero-order chi connectivity index (χ0) is 12.0. The first-order valence-electron chi connectivity index (χ1n) is 5.07. The van der Waals surface area contributed by atoms with Gasteiger partial charge in [0, 0.05) is 19.5 Å². The molecule has 0 saturated heterocycles. The molecule has 0 fully saturated rings. The van der Waals surface area contributed by atoms with Crippen LogP contribution in [0.25, 0.3) is 0 Å². The maximum absolute atomic E-state index is 11.2. The monoisotopic (exact) mass is 226 g/mol. The summed E-state index contributed by atoms with van der Waals surface area (Å²) in [5.41, 5.74) is -0.0611. The summed E-state index contributed by atoms with van der Waals surface area (Å²) in [6.07, 6.45) is 3.65. The molecule has 0 aliphatic heterocycles. The van der Waals surface area contributed by atoms with Crippen LogP contribution in [0.1, 0.15) is 19.8 Å². The van der Waals surface area contributed by atoms with E-state index < -0.39 is 4.92 Å². The summed E-state index contributed by atoms with van der Waals surface area (Å²) < 4.78 is 1.39. The molecule has 7 heteroatoms. The highest BCUT2D eigenvalue weighted by molar-refractivity contribution is 5.75. The van der Waals surface area contributed by atoms with Gasteiger partial charge in [-0.15, -0.1) is 0 Å². The predicted octanol–water partition coefficient (Wildman–Crippen LogP) is 0.708. The van der Waals surface area contributed by atoms with Gasteiger partial charge in [0.15, 0.2) is 0 Å². The van der Waals surface area contributed by atoms with Gasteiger partial charge in [0.05, 0.1) is 4.92 Å². The Morgan fingerprint density at radius 3 is 3.00 bits per heavy atom. The summed E-state index contributed by atoms with van der Waals surface area (Å²) in [6, 6.07) is 0. The molecule has 1 rings (SSSR count). The Kier molecular flexibility index (Phi) is 4.43. The van der Waals surface area contributed by atoms with Gasteiger partial charge in [-0.2, -0.15) is 5.10 Å². The van der Waals surface area contributed by atoms with Crippen molar-refractivity contribution in [3.63, 3.8) is 0 Å². The molecule has 1 heterocycles. The quantitative estimate of drug-likeness (QED) is 0.571. The highest BCUT2D eigenvalue weighted by atomic mass is 16.6. The Labute approximate surface area is 92.6 Å². The lowest BCUT2D eigenvalue weighted by Crippen LogP contribution is -2.25. The Bertz CT molecular complexity index is 375. The fourth-order valence-electron chi connectivity index (χ4n) is 1.14. The number of carbonyl (C=O) groups excluding carboxylic acids is 1. The van der Waals surface area contributed by atoms with Crippen molar-refractivity contribution in [3.05, 3.63) is 22.5 Å². The van der Waals surface area contributed by atoms with E-state index in [4.69, 9.17) is 0 Å². The summed E-state index contributed by atoms with van der Waals surface area (Å²) in [5, 5.41) is 16.9. The molecule has 0 bridgehead atoms.